The van der Waals surface area contributed by atoms with Gasteiger partial charge in [-0.15, -0.1) is 0 Å². The van der Waals surface area contributed by atoms with Crippen LogP contribution >= 0.6 is 0 Å². The van der Waals surface area contributed by atoms with Crippen LogP contribution in [-0.4, -0.2) is 40.2 Å². The van der Waals surface area contributed by atoms with Crippen LogP contribution in [0.3, 0.4) is 0 Å². The van der Waals surface area contributed by atoms with Gasteiger partial charge in [0.05, 0.1) is 11.6 Å². The number of rotatable bonds is 7. The summed E-state index contributed by atoms with van der Waals surface area (Å²) in [7, 11) is 0. The molecule has 4 aromatic rings. The number of fused-ring (bicyclic) bond motifs is 1. The normalized spacial score (nSPS) is 17.6. The third kappa shape index (κ3) is 8.10. The average Bonchev–Trinajstić information content (AvgIpc) is 3.36. The van der Waals surface area contributed by atoms with Gasteiger partial charge in [0.2, 0.25) is 12.2 Å². The number of aromatic hydroxyl groups is 1. The lowest BCUT2D eigenvalue weighted by Gasteiger charge is -2.29. The summed E-state index contributed by atoms with van der Waals surface area (Å²) in [5.41, 5.74) is 16.4. The number of amides is 1. The molecule has 5 rings (SSSR count). The van der Waals surface area contributed by atoms with E-state index in [0.29, 0.717) is 24.7 Å². The van der Waals surface area contributed by atoms with Crippen molar-refractivity contribution in [3.05, 3.63) is 77.9 Å². The molecule has 0 aliphatic heterocycles. The number of nitrogens with zero attached hydrogens (tertiary/aromatic N) is 1. The Labute approximate surface area is 241 Å². The van der Waals surface area contributed by atoms with Crippen molar-refractivity contribution >= 4 is 28.9 Å². The molecule has 1 unspecified atom stereocenters. The summed E-state index contributed by atoms with van der Waals surface area (Å²) in [4.78, 5) is 22.0. The molecule has 1 aliphatic rings. The Morgan fingerprint density at radius 3 is 2.38 bits per heavy atom. The average molecular weight is 582 g/mol. The first-order chi connectivity index (χ1) is 20.1. The van der Waals surface area contributed by atoms with Gasteiger partial charge in [0, 0.05) is 11.3 Å². The monoisotopic (exact) mass is 581 g/mol. The molecule has 3 aromatic carbocycles. The molecule has 0 radical (unpaired) electrons. The SMILES string of the molecule is NCC1CCC(C(=O)NC(Cc2ccccc2)c2cc(O)cc(-c3ccc4c(N)n[nH]c4c3)c2)CC1.O=CC(F)(F)F. The lowest BCUT2D eigenvalue weighted by molar-refractivity contribution is -0.156. The van der Waals surface area contributed by atoms with E-state index in [2.05, 4.69) is 27.6 Å². The minimum Gasteiger partial charge on any atom is -0.508 e. The Balaban J connectivity index is 0.000000612. The van der Waals surface area contributed by atoms with Crippen molar-refractivity contribution in [3.8, 4) is 16.9 Å². The number of H-pyrrole nitrogens is 1. The minimum atomic E-state index is -4.64. The van der Waals surface area contributed by atoms with E-state index in [9.17, 15) is 23.1 Å². The maximum absolute atomic E-state index is 13.3. The number of aromatic nitrogens is 2. The Hall–Kier alpha value is -4.38. The van der Waals surface area contributed by atoms with E-state index in [0.717, 1.165) is 58.8 Å². The highest BCUT2D eigenvalue weighted by Crippen LogP contribution is 2.33. The lowest BCUT2D eigenvalue weighted by Crippen LogP contribution is -2.37. The number of benzene rings is 3. The van der Waals surface area contributed by atoms with E-state index >= 15 is 0 Å². The highest BCUT2D eigenvalue weighted by Gasteiger charge is 2.28. The molecule has 1 aromatic heterocycles. The maximum atomic E-state index is 13.3. The molecule has 7 N–H and O–H groups in total. The van der Waals surface area contributed by atoms with Crippen molar-refractivity contribution in [2.75, 3.05) is 12.3 Å². The minimum absolute atomic E-state index is 0.00361. The topological polar surface area (TPSA) is 147 Å². The molecule has 1 heterocycles. The smallest absolute Gasteiger partial charge is 0.446 e. The first-order valence-electron chi connectivity index (χ1n) is 13.7. The van der Waals surface area contributed by atoms with E-state index < -0.39 is 12.5 Å². The number of carbonyl (C=O) groups excluding carboxylic acids is 2. The second kappa shape index (κ2) is 13.5. The van der Waals surface area contributed by atoms with Gasteiger partial charge in [-0.25, -0.2) is 0 Å². The quantitative estimate of drug-likeness (QED) is 0.184. The first kappa shape index (κ1) is 30.6. The van der Waals surface area contributed by atoms with Crippen LogP contribution in [0.15, 0.2) is 66.7 Å². The Bertz CT molecular complexity index is 1500. The van der Waals surface area contributed by atoms with Crippen LogP contribution in [0.25, 0.3) is 22.0 Å². The van der Waals surface area contributed by atoms with Gasteiger partial charge in [-0.05, 0) is 97.2 Å². The first-order valence-corrected chi connectivity index (χ1v) is 13.7. The number of aldehydes is 1. The fourth-order valence-electron chi connectivity index (χ4n) is 5.27. The van der Waals surface area contributed by atoms with Gasteiger partial charge in [-0.3, -0.25) is 14.7 Å². The second-order valence-electron chi connectivity index (χ2n) is 10.5. The second-order valence-corrected chi connectivity index (χ2v) is 10.5. The van der Waals surface area contributed by atoms with E-state index in [4.69, 9.17) is 16.3 Å². The zero-order valence-electron chi connectivity index (χ0n) is 22.9. The highest BCUT2D eigenvalue weighted by atomic mass is 19.4. The predicted molar refractivity (Wildman–Crippen MR) is 155 cm³/mol. The van der Waals surface area contributed by atoms with Gasteiger partial charge in [0.15, 0.2) is 5.82 Å². The van der Waals surface area contributed by atoms with Crippen LogP contribution < -0.4 is 16.8 Å². The summed E-state index contributed by atoms with van der Waals surface area (Å²) in [6, 6.07) is 21.2. The lowest BCUT2D eigenvalue weighted by atomic mass is 9.81. The molecule has 0 spiro atoms. The number of nitrogens with two attached hydrogens (primary N) is 2. The number of hydrogen-bond acceptors (Lipinski definition) is 6. The van der Waals surface area contributed by atoms with Gasteiger partial charge in [-0.2, -0.15) is 18.3 Å². The standard InChI is InChI=1S/C29H33N5O2.C2HF3O/c30-17-19-6-8-20(9-7-19)29(36)32-26(12-18-4-2-1-3-5-18)23-13-22(14-24(35)15-23)21-10-11-25-27(16-21)33-34-28(25)31;3-2(4,5)1-6/h1-5,10-11,13-16,19-20,26,35H,6-9,12,17,30H2,(H,32,36)(H3,31,33,34);1H. The van der Waals surface area contributed by atoms with Gasteiger partial charge < -0.3 is 21.9 Å². The van der Waals surface area contributed by atoms with E-state index in [-0.39, 0.29) is 23.6 Å². The number of anilines is 1. The maximum Gasteiger partial charge on any atom is 0.446 e. The van der Waals surface area contributed by atoms with Crippen molar-refractivity contribution in [1.29, 1.82) is 0 Å². The van der Waals surface area contributed by atoms with Crippen LogP contribution in [0, 0.1) is 11.8 Å². The molecule has 0 saturated heterocycles. The molecule has 1 atom stereocenters. The molecular weight excluding hydrogens is 547 g/mol. The fourth-order valence-corrected chi connectivity index (χ4v) is 5.27. The molecule has 1 aliphatic carbocycles. The van der Waals surface area contributed by atoms with Crippen LogP contribution in [0.5, 0.6) is 5.75 Å². The number of nitrogens with one attached hydrogen (secondary N) is 2. The number of alkyl halides is 3. The van der Waals surface area contributed by atoms with Crippen LogP contribution in [0.2, 0.25) is 0 Å². The molecule has 1 saturated carbocycles. The van der Waals surface area contributed by atoms with Crippen LogP contribution in [0.4, 0.5) is 19.0 Å². The summed E-state index contributed by atoms with van der Waals surface area (Å²) in [6.45, 7) is 0.688. The van der Waals surface area contributed by atoms with Crippen molar-refractivity contribution in [3.63, 3.8) is 0 Å². The summed E-state index contributed by atoms with van der Waals surface area (Å²) in [5.74, 6) is 1.20. The fraction of sp³-hybridized carbons (Fsp3) is 0.323. The third-order valence-electron chi connectivity index (χ3n) is 7.55. The predicted octanol–water partition coefficient (Wildman–Crippen LogP) is 5.43. The molecule has 11 heteroatoms. The number of phenolic OH excluding ortho intramolecular Hbond substituents is 1. The number of hydrogen-bond donors (Lipinski definition) is 5. The van der Waals surface area contributed by atoms with Crippen molar-refractivity contribution in [2.45, 2.75) is 44.3 Å². The molecule has 222 valence electrons. The number of carbonyl (C=O) groups is 2. The van der Waals surface area contributed by atoms with E-state index in [1.807, 2.05) is 42.5 Å². The number of halogens is 3. The van der Waals surface area contributed by atoms with Crippen molar-refractivity contribution < 1.29 is 27.9 Å². The Morgan fingerprint density at radius 1 is 1.05 bits per heavy atom. The summed E-state index contributed by atoms with van der Waals surface area (Å²) in [6.07, 6.45) is -1.35. The molecule has 0 bridgehead atoms. The van der Waals surface area contributed by atoms with E-state index in [1.54, 1.807) is 12.1 Å². The van der Waals surface area contributed by atoms with Gasteiger partial charge in [-0.1, -0.05) is 36.4 Å². The highest BCUT2D eigenvalue weighted by molar-refractivity contribution is 5.91. The van der Waals surface area contributed by atoms with Gasteiger partial charge in [0.25, 0.3) is 0 Å². The Kier molecular flexibility index (Phi) is 9.84. The third-order valence-corrected chi connectivity index (χ3v) is 7.55. The number of aromatic amines is 1. The number of nitrogen functional groups attached to an aromatic ring is 1. The van der Waals surface area contributed by atoms with Gasteiger partial charge in [0.1, 0.15) is 5.75 Å². The van der Waals surface area contributed by atoms with Crippen molar-refractivity contribution in [2.24, 2.45) is 17.6 Å². The van der Waals surface area contributed by atoms with Gasteiger partial charge >= 0.3 is 6.18 Å². The van der Waals surface area contributed by atoms with Crippen molar-refractivity contribution in [1.82, 2.24) is 15.5 Å². The molecular formula is C31H34F3N5O3. The molecule has 8 nitrogen and oxygen atoms in total. The molecule has 1 fully saturated rings. The van der Waals surface area contributed by atoms with Crippen LogP contribution in [-0.2, 0) is 16.0 Å². The molecule has 42 heavy (non-hydrogen) atoms. The number of phenols is 1. The molecule has 1 amide bonds. The van der Waals surface area contributed by atoms with E-state index in [1.165, 1.54) is 0 Å². The summed E-state index contributed by atoms with van der Waals surface area (Å²) < 4.78 is 31.2. The summed E-state index contributed by atoms with van der Waals surface area (Å²) in [5, 5.41) is 21.9. The zero-order chi connectivity index (χ0) is 30.3. The van der Waals surface area contributed by atoms with Crippen LogP contribution in [0.1, 0.15) is 42.9 Å². The Morgan fingerprint density at radius 2 is 1.74 bits per heavy atom. The summed E-state index contributed by atoms with van der Waals surface area (Å²) >= 11 is 0. The zero-order valence-corrected chi connectivity index (χ0v) is 22.9. The largest absolute Gasteiger partial charge is 0.508 e.